The molecule has 1 fully saturated rings. The average molecular weight is 216 g/mol. The van der Waals surface area contributed by atoms with Crippen molar-refractivity contribution in [2.75, 3.05) is 0 Å². The zero-order chi connectivity index (χ0) is 11.4. The molecule has 2 heteroatoms. The SMILES string of the molecule is O=C1CCC(=O)C1CCCc1ccccc1. The maximum atomic E-state index is 11.4. The predicted molar refractivity (Wildman–Crippen MR) is 62.1 cm³/mol. The van der Waals surface area contributed by atoms with Gasteiger partial charge in [0.2, 0.25) is 0 Å². The van der Waals surface area contributed by atoms with E-state index in [4.69, 9.17) is 0 Å². The highest BCUT2D eigenvalue weighted by atomic mass is 16.2. The Kier molecular flexibility index (Phi) is 3.50. The first-order chi connectivity index (χ1) is 7.77. The lowest BCUT2D eigenvalue weighted by Gasteiger charge is -2.06. The van der Waals surface area contributed by atoms with Gasteiger partial charge >= 0.3 is 0 Å². The van der Waals surface area contributed by atoms with Gasteiger partial charge in [-0.2, -0.15) is 0 Å². The van der Waals surface area contributed by atoms with Crippen LogP contribution < -0.4 is 0 Å². The van der Waals surface area contributed by atoms with Crippen molar-refractivity contribution >= 4 is 11.6 Å². The fourth-order valence-corrected chi connectivity index (χ4v) is 2.25. The Hall–Kier alpha value is -1.44. The summed E-state index contributed by atoms with van der Waals surface area (Å²) in [6.45, 7) is 0. The van der Waals surface area contributed by atoms with E-state index < -0.39 is 0 Å². The van der Waals surface area contributed by atoms with Crippen LogP contribution in [0.25, 0.3) is 0 Å². The molecule has 0 aromatic heterocycles. The molecule has 1 aromatic carbocycles. The van der Waals surface area contributed by atoms with Crippen LogP contribution in [0.1, 0.15) is 31.2 Å². The van der Waals surface area contributed by atoms with E-state index in [9.17, 15) is 9.59 Å². The Labute approximate surface area is 95.7 Å². The fourth-order valence-electron chi connectivity index (χ4n) is 2.25. The van der Waals surface area contributed by atoms with E-state index in [0.717, 1.165) is 19.3 Å². The van der Waals surface area contributed by atoms with Crippen LogP contribution in [-0.4, -0.2) is 11.6 Å². The van der Waals surface area contributed by atoms with E-state index in [0.29, 0.717) is 12.8 Å². The molecule has 0 atom stereocenters. The third kappa shape index (κ3) is 2.57. The van der Waals surface area contributed by atoms with Crippen LogP contribution in [0.4, 0.5) is 0 Å². The molecule has 2 rings (SSSR count). The number of hydrogen-bond acceptors (Lipinski definition) is 2. The van der Waals surface area contributed by atoms with Crippen molar-refractivity contribution in [2.24, 2.45) is 5.92 Å². The highest BCUT2D eigenvalue weighted by Gasteiger charge is 2.31. The van der Waals surface area contributed by atoms with Crippen LogP contribution in [0.3, 0.4) is 0 Å². The maximum Gasteiger partial charge on any atom is 0.143 e. The van der Waals surface area contributed by atoms with Gasteiger partial charge in [0.1, 0.15) is 11.6 Å². The summed E-state index contributed by atoms with van der Waals surface area (Å²) in [5.74, 6) is 0.0137. The van der Waals surface area contributed by atoms with Crippen molar-refractivity contribution in [1.29, 1.82) is 0 Å². The normalized spacial score (nSPS) is 17.0. The third-order valence-corrected chi connectivity index (χ3v) is 3.20. The number of benzene rings is 1. The summed E-state index contributed by atoms with van der Waals surface area (Å²) >= 11 is 0. The molecule has 0 N–H and O–H groups in total. The molecule has 84 valence electrons. The molecule has 0 bridgehead atoms. The standard InChI is InChI=1S/C14H16O2/c15-13-9-10-14(16)12(13)8-4-7-11-5-2-1-3-6-11/h1-3,5-6,12H,4,7-10H2. The Bertz CT molecular complexity index is 365. The molecular weight excluding hydrogens is 200 g/mol. The Morgan fingerprint density at radius 1 is 1.00 bits per heavy atom. The van der Waals surface area contributed by atoms with Gasteiger partial charge in [-0.05, 0) is 24.8 Å². The Morgan fingerprint density at radius 3 is 2.25 bits per heavy atom. The summed E-state index contributed by atoms with van der Waals surface area (Å²) < 4.78 is 0. The van der Waals surface area contributed by atoms with Gasteiger partial charge in [0.25, 0.3) is 0 Å². The van der Waals surface area contributed by atoms with Crippen LogP contribution in [0.5, 0.6) is 0 Å². The molecule has 0 unspecified atom stereocenters. The largest absolute Gasteiger partial charge is 0.299 e. The minimum atomic E-state index is -0.288. The smallest absolute Gasteiger partial charge is 0.143 e. The monoisotopic (exact) mass is 216 g/mol. The Balaban J connectivity index is 1.80. The van der Waals surface area contributed by atoms with Gasteiger partial charge in [-0.15, -0.1) is 0 Å². The molecular formula is C14H16O2. The first-order valence-corrected chi connectivity index (χ1v) is 5.87. The van der Waals surface area contributed by atoms with Crippen molar-refractivity contribution in [3.63, 3.8) is 0 Å². The predicted octanol–water partition coefficient (Wildman–Crippen LogP) is 2.56. The summed E-state index contributed by atoms with van der Waals surface area (Å²) in [4.78, 5) is 22.8. The molecule has 1 saturated carbocycles. The van der Waals surface area contributed by atoms with E-state index in [1.807, 2.05) is 18.2 Å². The zero-order valence-corrected chi connectivity index (χ0v) is 9.32. The van der Waals surface area contributed by atoms with Crippen LogP contribution in [0, 0.1) is 5.92 Å². The van der Waals surface area contributed by atoms with Gasteiger partial charge in [0.15, 0.2) is 0 Å². The lowest BCUT2D eigenvalue weighted by Crippen LogP contribution is -2.14. The van der Waals surface area contributed by atoms with Crippen molar-refractivity contribution in [3.05, 3.63) is 35.9 Å². The van der Waals surface area contributed by atoms with Gasteiger partial charge in [0, 0.05) is 12.8 Å². The number of rotatable bonds is 4. The first kappa shape index (κ1) is 11.1. The molecule has 0 spiro atoms. The van der Waals surface area contributed by atoms with Gasteiger partial charge in [-0.3, -0.25) is 9.59 Å². The van der Waals surface area contributed by atoms with Crippen LogP contribution in [-0.2, 0) is 16.0 Å². The highest BCUT2D eigenvalue weighted by Crippen LogP contribution is 2.22. The first-order valence-electron chi connectivity index (χ1n) is 5.87. The summed E-state index contributed by atoms with van der Waals surface area (Å²) in [5.41, 5.74) is 1.28. The van der Waals surface area contributed by atoms with E-state index >= 15 is 0 Å². The molecule has 0 radical (unpaired) electrons. The second-order valence-electron chi connectivity index (χ2n) is 4.36. The molecule has 1 aromatic rings. The van der Waals surface area contributed by atoms with E-state index in [-0.39, 0.29) is 17.5 Å². The number of aryl methyl sites for hydroxylation is 1. The van der Waals surface area contributed by atoms with Crippen LogP contribution in [0.15, 0.2) is 30.3 Å². The van der Waals surface area contributed by atoms with Crippen LogP contribution >= 0.6 is 0 Å². The van der Waals surface area contributed by atoms with Gasteiger partial charge in [0.05, 0.1) is 5.92 Å². The number of carbonyl (C=O) groups excluding carboxylic acids is 2. The summed E-state index contributed by atoms with van der Waals surface area (Å²) in [7, 11) is 0. The molecule has 1 aliphatic carbocycles. The lowest BCUT2D eigenvalue weighted by atomic mass is 9.97. The fraction of sp³-hybridized carbons (Fsp3) is 0.429. The molecule has 0 amide bonds. The highest BCUT2D eigenvalue weighted by molar-refractivity contribution is 6.08. The van der Waals surface area contributed by atoms with Crippen molar-refractivity contribution in [1.82, 2.24) is 0 Å². The van der Waals surface area contributed by atoms with Gasteiger partial charge in [-0.1, -0.05) is 30.3 Å². The number of ketones is 2. The maximum absolute atomic E-state index is 11.4. The second kappa shape index (κ2) is 5.06. The average Bonchev–Trinajstić information content (AvgIpc) is 2.62. The van der Waals surface area contributed by atoms with Crippen LogP contribution in [0.2, 0.25) is 0 Å². The topological polar surface area (TPSA) is 34.1 Å². The van der Waals surface area contributed by atoms with E-state index in [1.165, 1.54) is 5.56 Å². The number of hydrogen-bond donors (Lipinski definition) is 0. The third-order valence-electron chi connectivity index (χ3n) is 3.20. The second-order valence-corrected chi connectivity index (χ2v) is 4.36. The molecule has 1 aliphatic rings. The quantitative estimate of drug-likeness (QED) is 0.725. The molecule has 16 heavy (non-hydrogen) atoms. The minimum Gasteiger partial charge on any atom is -0.299 e. The van der Waals surface area contributed by atoms with Crippen molar-refractivity contribution < 1.29 is 9.59 Å². The summed E-state index contributed by atoms with van der Waals surface area (Å²) in [6.07, 6.45) is 3.54. The Morgan fingerprint density at radius 2 is 1.62 bits per heavy atom. The summed E-state index contributed by atoms with van der Waals surface area (Å²) in [5, 5.41) is 0. The zero-order valence-electron chi connectivity index (χ0n) is 9.32. The van der Waals surface area contributed by atoms with E-state index in [2.05, 4.69) is 12.1 Å². The summed E-state index contributed by atoms with van der Waals surface area (Å²) in [6, 6.07) is 10.2. The molecule has 0 aliphatic heterocycles. The van der Waals surface area contributed by atoms with Crippen molar-refractivity contribution in [2.45, 2.75) is 32.1 Å². The van der Waals surface area contributed by atoms with E-state index in [1.54, 1.807) is 0 Å². The molecule has 2 nitrogen and oxygen atoms in total. The number of carbonyl (C=O) groups is 2. The van der Waals surface area contributed by atoms with Gasteiger partial charge in [-0.25, -0.2) is 0 Å². The molecule has 0 heterocycles. The minimum absolute atomic E-state index is 0.151. The van der Waals surface area contributed by atoms with Crippen molar-refractivity contribution in [3.8, 4) is 0 Å². The lowest BCUT2D eigenvalue weighted by molar-refractivity contribution is -0.127. The van der Waals surface area contributed by atoms with Gasteiger partial charge < -0.3 is 0 Å². The number of Topliss-reactive ketones (excluding diaryl/α,β-unsaturated/α-hetero) is 2. The molecule has 0 saturated heterocycles.